The molecule has 2 unspecified atom stereocenters. The van der Waals surface area contributed by atoms with E-state index >= 15 is 0 Å². The van der Waals surface area contributed by atoms with Crippen molar-refractivity contribution in [3.05, 3.63) is 54.1 Å². The van der Waals surface area contributed by atoms with Crippen LogP contribution in [0, 0.1) is 0 Å². The van der Waals surface area contributed by atoms with Crippen LogP contribution < -0.4 is 19.5 Å². The van der Waals surface area contributed by atoms with E-state index in [9.17, 15) is 5.11 Å². The summed E-state index contributed by atoms with van der Waals surface area (Å²) in [5, 5.41) is 13.5. The molecule has 0 saturated heterocycles. The van der Waals surface area contributed by atoms with Gasteiger partial charge in [0.05, 0.1) is 0 Å². The van der Waals surface area contributed by atoms with Gasteiger partial charge in [-0.25, -0.2) is 0 Å². The van der Waals surface area contributed by atoms with Crippen molar-refractivity contribution >= 4 is 12.4 Å². The van der Waals surface area contributed by atoms with E-state index in [0.717, 1.165) is 18.6 Å². The van der Waals surface area contributed by atoms with Gasteiger partial charge < -0.3 is 24.6 Å². The topological polar surface area (TPSA) is 60.0 Å². The molecule has 2 atom stereocenters. The van der Waals surface area contributed by atoms with E-state index in [1.807, 2.05) is 18.2 Å². The fraction of sp³-hybridized carbons (Fsp3) is 0.400. The fourth-order valence-corrected chi connectivity index (χ4v) is 2.69. The summed E-state index contributed by atoms with van der Waals surface area (Å²) < 4.78 is 16.2. The maximum atomic E-state index is 10.1. The first-order chi connectivity index (χ1) is 12.2. The predicted molar refractivity (Wildman–Crippen MR) is 104 cm³/mol. The van der Waals surface area contributed by atoms with Crippen LogP contribution in [-0.2, 0) is 6.42 Å². The Morgan fingerprint density at radius 2 is 1.88 bits per heavy atom. The maximum Gasteiger partial charge on any atom is 0.231 e. The third-order valence-electron chi connectivity index (χ3n) is 4.20. The van der Waals surface area contributed by atoms with E-state index in [2.05, 4.69) is 36.5 Å². The molecule has 6 heteroatoms. The normalized spacial score (nSPS) is 14.4. The molecule has 2 aromatic rings. The Balaban J connectivity index is 0.00000243. The first-order valence-electron chi connectivity index (χ1n) is 8.68. The molecule has 3 rings (SSSR count). The van der Waals surface area contributed by atoms with Crippen LogP contribution in [0.2, 0.25) is 0 Å². The average molecular weight is 380 g/mol. The number of aliphatic hydroxyl groups is 1. The second-order valence-electron chi connectivity index (χ2n) is 6.31. The Morgan fingerprint density at radius 3 is 2.69 bits per heavy atom. The van der Waals surface area contributed by atoms with Gasteiger partial charge in [-0.2, -0.15) is 0 Å². The van der Waals surface area contributed by atoms with Crippen molar-refractivity contribution in [3.8, 4) is 17.2 Å². The number of rotatable bonds is 9. The number of hydrogen-bond donors (Lipinski definition) is 2. The Morgan fingerprint density at radius 1 is 1.12 bits per heavy atom. The van der Waals surface area contributed by atoms with Gasteiger partial charge >= 0.3 is 0 Å². The van der Waals surface area contributed by atoms with Crippen molar-refractivity contribution in [1.29, 1.82) is 0 Å². The van der Waals surface area contributed by atoms with E-state index in [-0.39, 0.29) is 25.8 Å². The molecule has 0 amide bonds. The number of aliphatic hydroxyl groups excluding tert-OH is 1. The van der Waals surface area contributed by atoms with Gasteiger partial charge in [0.1, 0.15) is 18.5 Å². The molecule has 26 heavy (non-hydrogen) atoms. The summed E-state index contributed by atoms with van der Waals surface area (Å²) in [4.78, 5) is 0. The van der Waals surface area contributed by atoms with Gasteiger partial charge in [0.25, 0.3) is 0 Å². The van der Waals surface area contributed by atoms with E-state index in [0.29, 0.717) is 24.1 Å². The van der Waals surface area contributed by atoms with Gasteiger partial charge in [0.15, 0.2) is 11.5 Å². The predicted octanol–water partition coefficient (Wildman–Crippen LogP) is 3.19. The van der Waals surface area contributed by atoms with Crippen LogP contribution in [-0.4, -0.2) is 37.2 Å². The molecular weight excluding hydrogens is 354 g/mol. The quantitative estimate of drug-likeness (QED) is 0.700. The molecule has 0 fully saturated rings. The summed E-state index contributed by atoms with van der Waals surface area (Å²) in [5.74, 6) is 2.07. The zero-order valence-electron chi connectivity index (χ0n) is 14.9. The molecule has 1 aliphatic rings. The molecule has 5 nitrogen and oxygen atoms in total. The lowest BCUT2D eigenvalue weighted by Gasteiger charge is -2.17. The van der Waals surface area contributed by atoms with E-state index in [1.165, 1.54) is 5.56 Å². The smallest absolute Gasteiger partial charge is 0.231 e. The van der Waals surface area contributed by atoms with E-state index < -0.39 is 6.10 Å². The van der Waals surface area contributed by atoms with Crippen molar-refractivity contribution in [3.63, 3.8) is 0 Å². The largest absolute Gasteiger partial charge is 0.491 e. The van der Waals surface area contributed by atoms with Crippen molar-refractivity contribution in [2.45, 2.75) is 31.9 Å². The summed E-state index contributed by atoms with van der Waals surface area (Å²) >= 11 is 0. The molecule has 0 spiro atoms. The first-order valence-corrected chi connectivity index (χ1v) is 8.68. The van der Waals surface area contributed by atoms with Crippen LogP contribution in [0.15, 0.2) is 48.5 Å². The van der Waals surface area contributed by atoms with Gasteiger partial charge in [-0.05, 0) is 37.5 Å². The third-order valence-corrected chi connectivity index (χ3v) is 4.20. The number of benzene rings is 2. The van der Waals surface area contributed by atoms with E-state index in [1.54, 1.807) is 6.07 Å². The Labute approximate surface area is 160 Å². The number of ether oxygens (including phenoxy) is 3. The molecule has 0 bridgehead atoms. The highest BCUT2D eigenvalue weighted by Crippen LogP contribution is 2.35. The second-order valence-corrected chi connectivity index (χ2v) is 6.31. The minimum atomic E-state index is -0.565. The second kappa shape index (κ2) is 10.3. The lowest BCUT2D eigenvalue weighted by molar-refractivity contribution is 0.103. The minimum Gasteiger partial charge on any atom is -0.491 e. The van der Waals surface area contributed by atoms with Gasteiger partial charge in [0, 0.05) is 18.7 Å². The summed E-state index contributed by atoms with van der Waals surface area (Å²) in [6, 6.07) is 16.2. The standard InChI is InChI=1S/C20H25NO4.ClH/c1-15(7-8-16-5-3-2-4-6-16)21-12-17(22)13-23-18-9-10-19-20(11-18)25-14-24-19;/h2-6,9-11,15,17,21-22H,7-8,12-14H2,1H3;1H. The molecule has 2 aromatic carbocycles. The lowest BCUT2D eigenvalue weighted by atomic mass is 10.1. The molecule has 1 heterocycles. The number of nitrogens with one attached hydrogen (secondary N) is 1. The van der Waals surface area contributed by atoms with Crippen LogP contribution in [0.4, 0.5) is 0 Å². The Bertz CT molecular complexity index is 668. The SMILES string of the molecule is CC(CCc1ccccc1)NCC(O)COc1ccc2c(c1)OCO2.Cl. The number of fused-ring (bicyclic) bond motifs is 1. The van der Waals surface area contributed by atoms with Crippen molar-refractivity contribution in [2.75, 3.05) is 19.9 Å². The molecule has 0 aliphatic carbocycles. The molecular formula is C20H26ClNO4. The number of hydrogen-bond acceptors (Lipinski definition) is 5. The number of halogens is 1. The molecule has 0 radical (unpaired) electrons. The van der Waals surface area contributed by atoms with Gasteiger partial charge in [-0.15, -0.1) is 12.4 Å². The number of aryl methyl sites for hydroxylation is 1. The summed E-state index contributed by atoms with van der Waals surface area (Å²) in [6.45, 7) is 3.11. The summed E-state index contributed by atoms with van der Waals surface area (Å²) in [6.07, 6.45) is 1.49. The molecule has 1 aliphatic heterocycles. The zero-order valence-corrected chi connectivity index (χ0v) is 15.7. The van der Waals surface area contributed by atoms with Crippen LogP contribution in [0.5, 0.6) is 17.2 Å². The highest BCUT2D eigenvalue weighted by Gasteiger charge is 2.14. The van der Waals surface area contributed by atoms with Crippen molar-refractivity contribution < 1.29 is 19.3 Å². The van der Waals surface area contributed by atoms with Crippen LogP contribution >= 0.6 is 12.4 Å². The molecule has 2 N–H and O–H groups in total. The van der Waals surface area contributed by atoms with Crippen LogP contribution in [0.1, 0.15) is 18.9 Å². The monoisotopic (exact) mass is 379 g/mol. The van der Waals surface area contributed by atoms with Crippen LogP contribution in [0.3, 0.4) is 0 Å². The summed E-state index contributed by atoms with van der Waals surface area (Å²) in [5.41, 5.74) is 1.34. The van der Waals surface area contributed by atoms with Gasteiger partial charge in [-0.3, -0.25) is 0 Å². The third kappa shape index (κ3) is 6.09. The average Bonchev–Trinajstić information content (AvgIpc) is 3.11. The lowest BCUT2D eigenvalue weighted by Crippen LogP contribution is -2.36. The minimum absolute atomic E-state index is 0. The van der Waals surface area contributed by atoms with Crippen LogP contribution in [0.25, 0.3) is 0 Å². The summed E-state index contributed by atoms with van der Waals surface area (Å²) in [7, 11) is 0. The fourth-order valence-electron chi connectivity index (χ4n) is 2.69. The Hall–Kier alpha value is -1.95. The van der Waals surface area contributed by atoms with E-state index in [4.69, 9.17) is 14.2 Å². The zero-order chi connectivity index (χ0) is 17.5. The molecule has 142 valence electrons. The molecule has 0 aromatic heterocycles. The maximum absolute atomic E-state index is 10.1. The van der Waals surface area contributed by atoms with Crippen molar-refractivity contribution in [2.24, 2.45) is 0 Å². The first kappa shape index (κ1) is 20.4. The molecule has 0 saturated carbocycles. The van der Waals surface area contributed by atoms with Gasteiger partial charge in [0.2, 0.25) is 6.79 Å². The Kier molecular flexibility index (Phi) is 8.04. The highest BCUT2D eigenvalue weighted by molar-refractivity contribution is 5.85. The van der Waals surface area contributed by atoms with Gasteiger partial charge in [-0.1, -0.05) is 30.3 Å². The van der Waals surface area contributed by atoms with Crippen molar-refractivity contribution in [1.82, 2.24) is 5.32 Å². The highest BCUT2D eigenvalue weighted by atomic mass is 35.5.